The molecule has 1 aromatic carbocycles. The number of carboxylic acids is 1. The van der Waals surface area contributed by atoms with Crippen LogP contribution < -0.4 is 11.1 Å². The summed E-state index contributed by atoms with van der Waals surface area (Å²) in [6, 6.07) is 4.89. The number of hydrogen-bond donors (Lipinski definition) is 3. The second-order valence-electron chi connectivity index (χ2n) is 4.51. The van der Waals surface area contributed by atoms with Crippen molar-refractivity contribution in [2.45, 2.75) is 19.4 Å². The summed E-state index contributed by atoms with van der Waals surface area (Å²) >= 11 is 0. The number of anilines is 2. The molecular weight excluding hydrogens is 220 g/mol. The fourth-order valence-corrected chi connectivity index (χ4v) is 1.62. The van der Waals surface area contributed by atoms with Crippen molar-refractivity contribution in [1.29, 1.82) is 0 Å². The van der Waals surface area contributed by atoms with E-state index in [-0.39, 0.29) is 16.8 Å². The number of rotatable bonds is 5. The number of methoxy groups -OCH3 is 1. The molecule has 17 heavy (non-hydrogen) atoms. The highest BCUT2D eigenvalue weighted by molar-refractivity contribution is 5.97. The predicted molar refractivity (Wildman–Crippen MR) is 67.4 cm³/mol. The third kappa shape index (κ3) is 3.35. The van der Waals surface area contributed by atoms with E-state index in [1.54, 1.807) is 19.2 Å². The summed E-state index contributed by atoms with van der Waals surface area (Å²) in [7, 11) is 1.61. The van der Waals surface area contributed by atoms with Gasteiger partial charge in [0.2, 0.25) is 0 Å². The van der Waals surface area contributed by atoms with Crippen LogP contribution in [-0.2, 0) is 4.74 Å². The molecule has 0 atom stereocenters. The lowest BCUT2D eigenvalue weighted by molar-refractivity contribution is 0.0698. The number of ether oxygens (including phenoxy) is 1. The first-order valence-electron chi connectivity index (χ1n) is 5.26. The van der Waals surface area contributed by atoms with Gasteiger partial charge in [-0.3, -0.25) is 0 Å². The van der Waals surface area contributed by atoms with Gasteiger partial charge in [0.15, 0.2) is 0 Å². The molecule has 0 radical (unpaired) electrons. The number of carbonyl (C=O) groups is 1. The van der Waals surface area contributed by atoms with Crippen molar-refractivity contribution >= 4 is 17.3 Å². The Bertz CT molecular complexity index is 416. The molecule has 4 N–H and O–H groups in total. The highest BCUT2D eigenvalue weighted by Gasteiger charge is 2.19. The van der Waals surface area contributed by atoms with Crippen LogP contribution in [0.1, 0.15) is 24.2 Å². The van der Waals surface area contributed by atoms with Crippen LogP contribution in [0.3, 0.4) is 0 Å². The van der Waals surface area contributed by atoms with Gasteiger partial charge in [-0.1, -0.05) is 6.07 Å². The molecule has 1 rings (SSSR count). The van der Waals surface area contributed by atoms with Gasteiger partial charge in [-0.05, 0) is 26.0 Å². The molecule has 0 bridgehead atoms. The van der Waals surface area contributed by atoms with E-state index < -0.39 is 5.97 Å². The zero-order chi connectivity index (χ0) is 13.1. The molecule has 0 amide bonds. The topological polar surface area (TPSA) is 84.6 Å². The first-order valence-corrected chi connectivity index (χ1v) is 5.26. The van der Waals surface area contributed by atoms with E-state index in [9.17, 15) is 4.79 Å². The van der Waals surface area contributed by atoms with Crippen molar-refractivity contribution in [3.8, 4) is 0 Å². The van der Waals surface area contributed by atoms with Crippen LogP contribution in [-0.4, -0.2) is 30.3 Å². The summed E-state index contributed by atoms with van der Waals surface area (Å²) in [4.78, 5) is 10.9. The highest BCUT2D eigenvalue weighted by Crippen LogP contribution is 2.25. The smallest absolute Gasteiger partial charge is 0.337 e. The summed E-state index contributed by atoms with van der Waals surface area (Å²) in [6.07, 6.45) is 0. The molecule has 0 fully saturated rings. The lowest BCUT2D eigenvalue weighted by Gasteiger charge is -2.27. The van der Waals surface area contributed by atoms with E-state index >= 15 is 0 Å². The average Bonchev–Trinajstić information content (AvgIpc) is 2.20. The summed E-state index contributed by atoms with van der Waals surface area (Å²) in [5, 5.41) is 12.1. The largest absolute Gasteiger partial charge is 0.478 e. The standard InChI is InChI=1S/C12H18N2O3/c1-12(2,7-17-3)14-9-6-4-5-8(10(9)13)11(15)16/h4-6,14H,7,13H2,1-3H3,(H,15,16). The van der Waals surface area contributed by atoms with Crippen LogP contribution in [0.2, 0.25) is 0 Å². The molecule has 5 nitrogen and oxygen atoms in total. The number of nitrogens with one attached hydrogen (secondary N) is 1. The van der Waals surface area contributed by atoms with E-state index in [1.165, 1.54) is 6.07 Å². The van der Waals surface area contributed by atoms with E-state index in [1.807, 2.05) is 13.8 Å². The van der Waals surface area contributed by atoms with Crippen LogP contribution in [0, 0.1) is 0 Å². The third-order valence-corrected chi connectivity index (χ3v) is 2.31. The van der Waals surface area contributed by atoms with E-state index in [2.05, 4.69) is 5.32 Å². The van der Waals surface area contributed by atoms with Crippen molar-refractivity contribution in [1.82, 2.24) is 0 Å². The normalized spacial score (nSPS) is 11.2. The average molecular weight is 238 g/mol. The molecule has 0 aromatic heterocycles. The number of para-hydroxylation sites is 1. The first-order chi connectivity index (χ1) is 7.87. The van der Waals surface area contributed by atoms with E-state index in [0.29, 0.717) is 12.3 Å². The Morgan fingerprint density at radius 3 is 2.71 bits per heavy atom. The predicted octanol–water partition coefficient (Wildman–Crippen LogP) is 1.80. The summed E-state index contributed by atoms with van der Waals surface area (Å²) in [5.41, 5.74) is 6.43. The van der Waals surface area contributed by atoms with Crippen LogP contribution >= 0.6 is 0 Å². The molecular formula is C12H18N2O3. The molecule has 5 heteroatoms. The Kier molecular flexibility index (Phi) is 3.96. The Labute approximate surface area is 101 Å². The van der Waals surface area contributed by atoms with E-state index in [0.717, 1.165) is 0 Å². The van der Waals surface area contributed by atoms with Gasteiger partial charge in [0.25, 0.3) is 0 Å². The first kappa shape index (κ1) is 13.3. The zero-order valence-electron chi connectivity index (χ0n) is 10.3. The molecule has 0 aliphatic rings. The van der Waals surface area contributed by atoms with Crippen molar-refractivity contribution in [3.63, 3.8) is 0 Å². The monoisotopic (exact) mass is 238 g/mol. The quantitative estimate of drug-likeness (QED) is 0.681. The van der Waals surface area contributed by atoms with Crippen molar-refractivity contribution < 1.29 is 14.6 Å². The molecule has 0 heterocycles. The molecule has 0 unspecified atom stereocenters. The summed E-state index contributed by atoms with van der Waals surface area (Å²) in [6.45, 7) is 4.39. The summed E-state index contributed by atoms with van der Waals surface area (Å²) in [5.74, 6) is -1.03. The summed E-state index contributed by atoms with van der Waals surface area (Å²) < 4.78 is 5.08. The fraction of sp³-hybridized carbons (Fsp3) is 0.417. The SMILES string of the molecule is COCC(C)(C)Nc1cccc(C(=O)O)c1N. The lowest BCUT2D eigenvalue weighted by Crippen LogP contribution is -2.36. The molecule has 0 aliphatic heterocycles. The maximum atomic E-state index is 10.9. The molecule has 0 saturated heterocycles. The van der Waals surface area contributed by atoms with E-state index in [4.69, 9.17) is 15.6 Å². The van der Waals surface area contributed by atoms with Gasteiger partial charge < -0.3 is 20.9 Å². The molecule has 1 aromatic rings. The van der Waals surface area contributed by atoms with Gasteiger partial charge in [0.05, 0.1) is 29.1 Å². The van der Waals surface area contributed by atoms with Gasteiger partial charge in [0, 0.05) is 7.11 Å². The van der Waals surface area contributed by atoms with Gasteiger partial charge in [-0.25, -0.2) is 4.79 Å². The number of benzene rings is 1. The van der Waals surface area contributed by atoms with Crippen molar-refractivity contribution in [2.75, 3.05) is 24.8 Å². The van der Waals surface area contributed by atoms with Gasteiger partial charge in [-0.15, -0.1) is 0 Å². The minimum absolute atomic E-state index is 0.100. The number of aromatic carboxylic acids is 1. The maximum Gasteiger partial charge on any atom is 0.337 e. The van der Waals surface area contributed by atoms with Crippen LogP contribution in [0.5, 0.6) is 0 Å². The van der Waals surface area contributed by atoms with Crippen LogP contribution in [0.4, 0.5) is 11.4 Å². The minimum Gasteiger partial charge on any atom is -0.478 e. The number of nitrogen functional groups attached to an aromatic ring is 1. The minimum atomic E-state index is -1.03. The number of hydrogen-bond acceptors (Lipinski definition) is 4. The molecule has 0 saturated carbocycles. The van der Waals surface area contributed by atoms with Crippen molar-refractivity contribution in [2.24, 2.45) is 0 Å². The highest BCUT2D eigenvalue weighted by atomic mass is 16.5. The third-order valence-electron chi connectivity index (χ3n) is 2.31. The Balaban J connectivity index is 3.00. The Morgan fingerprint density at radius 1 is 1.53 bits per heavy atom. The number of nitrogens with two attached hydrogens (primary N) is 1. The maximum absolute atomic E-state index is 10.9. The second kappa shape index (κ2) is 5.05. The fourth-order valence-electron chi connectivity index (χ4n) is 1.62. The lowest BCUT2D eigenvalue weighted by atomic mass is 10.0. The van der Waals surface area contributed by atoms with Crippen LogP contribution in [0.25, 0.3) is 0 Å². The van der Waals surface area contributed by atoms with Crippen LogP contribution in [0.15, 0.2) is 18.2 Å². The molecule has 94 valence electrons. The zero-order valence-corrected chi connectivity index (χ0v) is 10.3. The molecule has 0 spiro atoms. The van der Waals surface area contributed by atoms with Gasteiger partial charge in [-0.2, -0.15) is 0 Å². The Morgan fingerprint density at radius 2 is 2.18 bits per heavy atom. The van der Waals surface area contributed by atoms with Crippen molar-refractivity contribution in [3.05, 3.63) is 23.8 Å². The second-order valence-corrected chi connectivity index (χ2v) is 4.51. The Hall–Kier alpha value is -1.75. The molecule has 0 aliphatic carbocycles. The van der Waals surface area contributed by atoms with Gasteiger partial charge >= 0.3 is 5.97 Å². The number of carboxylic acid groups (broad SMARTS) is 1. The van der Waals surface area contributed by atoms with Gasteiger partial charge in [0.1, 0.15) is 0 Å².